The van der Waals surface area contributed by atoms with Crippen molar-refractivity contribution in [3.8, 4) is 0 Å². The number of esters is 1. The van der Waals surface area contributed by atoms with Gasteiger partial charge in [0.15, 0.2) is 6.29 Å². The lowest BCUT2D eigenvalue weighted by Gasteiger charge is -2.41. The van der Waals surface area contributed by atoms with Crippen LogP contribution in [-0.2, 0) is 38.3 Å². The van der Waals surface area contributed by atoms with Crippen molar-refractivity contribution in [2.45, 2.75) is 205 Å². The van der Waals surface area contributed by atoms with E-state index in [0.717, 1.165) is 141 Å². The lowest BCUT2D eigenvalue weighted by Crippen LogP contribution is -2.60. The highest BCUT2D eigenvalue weighted by Crippen LogP contribution is 2.26. The zero-order valence-electron chi connectivity index (χ0n) is 47.4. The summed E-state index contributed by atoms with van der Waals surface area (Å²) in [7, 11) is -5.09. The molecule has 13 heteroatoms. The Morgan fingerprint density at radius 3 is 1.22 bits per heavy atom. The first-order valence-corrected chi connectivity index (χ1v) is 30.3. The number of hydrogen-bond acceptors (Lipinski definition) is 11. The van der Waals surface area contributed by atoms with Crippen molar-refractivity contribution in [3.63, 3.8) is 0 Å². The van der Waals surface area contributed by atoms with Gasteiger partial charge in [-0.25, -0.2) is 4.18 Å². The highest BCUT2D eigenvalue weighted by molar-refractivity contribution is 7.80. The average Bonchev–Trinajstić information content (AvgIpc) is 3.42. The van der Waals surface area contributed by atoms with Crippen LogP contribution in [0.3, 0.4) is 0 Å². The van der Waals surface area contributed by atoms with Gasteiger partial charge in [0.25, 0.3) is 0 Å². The molecule has 1 aliphatic rings. The van der Waals surface area contributed by atoms with Crippen molar-refractivity contribution < 1.29 is 56.2 Å². The van der Waals surface area contributed by atoms with E-state index in [2.05, 4.69) is 188 Å². The molecule has 78 heavy (non-hydrogen) atoms. The molecule has 1 rings (SSSR count). The number of carbonyl (C=O) groups excluding carboxylic acids is 1. The third-order valence-electron chi connectivity index (χ3n) is 11.8. The lowest BCUT2D eigenvalue weighted by atomic mass is 9.99. The SMILES string of the molecule is CC/C=C\C/C=C\C/C=C\C/C=C\C/C=C\C/C=C\C/C=C\CCCCCCOCC(COC1OC(CO)C(O)C(OS(=O)(=O)O)C1O)OC(=O)CCCCC/C=C\C/C=C\C/C=C\C/C=C\C/C=C\C/C=C\C/C=C\CC. The highest BCUT2D eigenvalue weighted by Gasteiger charge is 2.48. The van der Waals surface area contributed by atoms with Crippen molar-refractivity contribution in [1.82, 2.24) is 0 Å². The third kappa shape index (κ3) is 45.3. The Bertz CT molecular complexity index is 2000. The average molecular weight is 1110 g/mol. The maximum atomic E-state index is 13.0. The fourth-order valence-corrected chi connectivity index (χ4v) is 8.08. The van der Waals surface area contributed by atoms with Crippen LogP contribution in [-0.4, -0.2) is 97.5 Å². The highest BCUT2D eigenvalue weighted by atomic mass is 32.3. The minimum atomic E-state index is -5.09. The molecule has 0 radical (unpaired) electrons. The standard InChI is InChI=1S/C65H100O12S/c1-3-5-7-9-11-13-15-17-19-21-23-25-27-29-31-33-35-37-39-41-43-45-47-49-51-53-55-73-57-59(58-74-65-63(69)64(77-78(70,71)72)62(68)60(56-66)76-65)75-61(67)54-52-50-48-46-44-42-40-38-36-34-32-30-28-26-24-22-20-18-16-14-12-10-8-6-4-2/h5-8,11-14,17-20,23-26,29-32,35-38,41-44,59-60,62-66,68-69H,3-4,9-10,15-16,21-22,27-28,33-34,39-40,45-58H2,1-2H3,(H,70,71,72)/b7-5-,8-6-,13-11-,14-12-,19-17-,20-18-,25-23-,26-24-,31-29-,32-30-,37-35-,38-36-,43-41-,44-42-. The molecule has 0 aromatic heterocycles. The molecule has 1 saturated heterocycles. The van der Waals surface area contributed by atoms with Gasteiger partial charge in [-0.05, 0) is 128 Å². The number of hydrogen-bond donors (Lipinski definition) is 4. The van der Waals surface area contributed by atoms with Crippen molar-refractivity contribution in [3.05, 3.63) is 170 Å². The van der Waals surface area contributed by atoms with Crippen molar-refractivity contribution in [2.24, 2.45) is 0 Å². The molecule has 0 aromatic rings. The van der Waals surface area contributed by atoms with Gasteiger partial charge in [-0.3, -0.25) is 9.35 Å². The van der Waals surface area contributed by atoms with E-state index >= 15 is 0 Å². The summed E-state index contributed by atoms with van der Waals surface area (Å²) in [5.41, 5.74) is 0. The molecule has 438 valence electrons. The number of ether oxygens (including phenoxy) is 4. The van der Waals surface area contributed by atoms with Gasteiger partial charge < -0.3 is 34.3 Å². The topological polar surface area (TPSA) is 178 Å². The van der Waals surface area contributed by atoms with Crippen molar-refractivity contribution in [1.29, 1.82) is 0 Å². The Morgan fingerprint density at radius 2 is 0.846 bits per heavy atom. The van der Waals surface area contributed by atoms with Gasteiger partial charge in [0.1, 0.15) is 30.5 Å². The van der Waals surface area contributed by atoms with E-state index in [-0.39, 0.29) is 19.6 Å². The predicted molar refractivity (Wildman–Crippen MR) is 321 cm³/mol. The van der Waals surface area contributed by atoms with Crippen molar-refractivity contribution in [2.75, 3.05) is 26.4 Å². The molecule has 0 aromatic carbocycles. The fourth-order valence-electron chi connectivity index (χ4n) is 7.57. The maximum Gasteiger partial charge on any atom is 0.397 e. The number of aliphatic hydroxyl groups is 3. The summed E-state index contributed by atoms with van der Waals surface area (Å²) in [6.07, 6.45) is 73.8. The molecular weight excluding hydrogens is 1000 g/mol. The van der Waals surface area contributed by atoms with Crippen LogP contribution in [0.4, 0.5) is 0 Å². The molecule has 0 bridgehead atoms. The molecule has 12 nitrogen and oxygen atoms in total. The molecule has 1 fully saturated rings. The summed E-state index contributed by atoms with van der Waals surface area (Å²) in [5, 5.41) is 30.9. The molecule has 4 N–H and O–H groups in total. The molecule has 0 aliphatic carbocycles. The van der Waals surface area contributed by atoms with Gasteiger partial charge in [0.05, 0.1) is 19.8 Å². The van der Waals surface area contributed by atoms with Crippen LogP contribution >= 0.6 is 0 Å². The first-order chi connectivity index (χ1) is 38.1. The van der Waals surface area contributed by atoms with Crippen molar-refractivity contribution >= 4 is 16.4 Å². The van der Waals surface area contributed by atoms with Gasteiger partial charge in [0.2, 0.25) is 0 Å². The summed E-state index contributed by atoms with van der Waals surface area (Å²) in [6, 6.07) is 0. The third-order valence-corrected chi connectivity index (χ3v) is 12.3. The second-order valence-electron chi connectivity index (χ2n) is 18.8. The predicted octanol–water partition coefficient (Wildman–Crippen LogP) is 14.7. The van der Waals surface area contributed by atoms with E-state index in [9.17, 15) is 33.1 Å². The van der Waals surface area contributed by atoms with E-state index < -0.39 is 59.8 Å². The van der Waals surface area contributed by atoms with Crippen LogP contribution in [0, 0.1) is 0 Å². The summed E-state index contributed by atoms with van der Waals surface area (Å²) >= 11 is 0. The molecule has 6 unspecified atom stereocenters. The van der Waals surface area contributed by atoms with Gasteiger partial charge >= 0.3 is 16.4 Å². The van der Waals surface area contributed by atoms with Crippen LogP contribution in [0.2, 0.25) is 0 Å². The number of allylic oxidation sites excluding steroid dienone is 28. The molecule has 1 aliphatic heterocycles. The minimum absolute atomic E-state index is 0.00947. The number of aliphatic hydroxyl groups excluding tert-OH is 3. The lowest BCUT2D eigenvalue weighted by molar-refractivity contribution is -0.301. The molecule has 0 saturated carbocycles. The second kappa shape index (κ2) is 53.1. The van der Waals surface area contributed by atoms with Gasteiger partial charge in [-0.15, -0.1) is 0 Å². The number of carbonyl (C=O) groups is 1. The Hall–Kier alpha value is -4.54. The zero-order chi connectivity index (χ0) is 56.7. The summed E-state index contributed by atoms with van der Waals surface area (Å²) in [5.74, 6) is -0.449. The molecule has 6 atom stereocenters. The Labute approximate surface area is 471 Å². The van der Waals surface area contributed by atoms with Crippen LogP contribution in [0.5, 0.6) is 0 Å². The minimum Gasteiger partial charge on any atom is -0.457 e. The number of rotatable bonds is 48. The van der Waals surface area contributed by atoms with Gasteiger partial charge in [0, 0.05) is 13.0 Å². The Morgan fingerprint density at radius 1 is 0.487 bits per heavy atom. The Kier molecular flexibility index (Phi) is 48.7. The zero-order valence-corrected chi connectivity index (χ0v) is 48.2. The maximum absolute atomic E-state index is 13.0. The molecular formula is C65H100O12S. The summed E-state index contributed by atoms with van der Waals surface area (Å²) in [4.78, 5) is 13.0. The summed E-state index contributed by atoms with van der Waals surface area (Å²) in [6.45, 7) is 3.63. The largest absolute Gasteiger partial charge is 0.457 e. The fraction of sp³-hybridized carbons (Fsp3) is 0.554. The second-order valence-corrected chi connectivity index (χ2v) is 19.8. The summed E-state index contributed by atoms with van der Waals surface area (Å²) < 4.78 is 59.4. The van der Waals surface area contributed by atoms with Gasteiger partial charge in [-0.2, -0.15) is 8.42 Å². The molecule has 0 spiro atoms. The van der Waals surface area contributed by atoms with E-state index in [1.54, 1.807) is 0 Å². The van der Waals surface area contributed by atoms with Crippen LogP contribution in [0.25, 0.3) is 0 Å². The Balaban J connectivity index is 2.39. The van der Waals surface area contributed by atoms with E-state index in [1.165, 1.54) is 0 Å². The first kappa shape index (κ1) is 71.5. The first-order valence-electron chi connectivity index (χ1n) is 28.9. The monoisotopic (exact) mass is 1100 g/mol. The van der Waals surface area contributed by atoms with Crippen LogP contribution in [0.1, 0.15) is 168 Å². The number of unbranched alkanes of at least 4 members (excludes halogenated alkanes) is 7. The van der Waals surface area contributed by atoms with Gasteiger partial charge in [-0.1, -0.05) is 203 Å². The molecule has 1 heterocycles. The quantitative estimate of drug-likeness (QED) is 0.0196. The normalized spacial score (nSPS) is 19.7. The molecule has 0 amide bonds. The van der Waals surface area contributed by atoms with Crippen LogP contribution < -0.4 is 0 Å². The van der Waals surface area contributed by atoms with E-state index in [4.69, 9.17) is 18.9 Å². The van der Waals surface area contributed by atoms with E-state index in [0.29, 0.717) is 13.0 Å². The smallest absolute Gasteiger partial charge is 0.397 e. The van der Waals surface area contributed by atoms with Crippen LogP contribution in [0.15, 0.2) is 170 Å². The van der Waals surface area contributed by atoms with E-state index in [1.807, 2.05) is 0 Å².